The molecule has 0 saturated carbocycles. The van der Waals surface area contributed by atoms with Crippen molar-refractivity contribution in [3.05, 3.63) is 0 Å². The Morgan fingerprint density at radius 1 is 0.818 bits per heavy atom. The Labute approximate surface area is 75.4 Å². The zero-order chi connectivity index (χ0) is 8.32. The second kappa shape index (κ2) is 4.13. The molecule has 1 saturated heterocycles. The van der Waals surface area contributed by atoms with Crippen LogP contribution >= 0.6 is 0 Å². The summed E-state index contributed by atoms with van der Waals surface area (Å²) in [6.45, 7) is 2.80. The first-order valence-electron chi connectivity index (χ1n) is 4.86. The minimum absolute atomic E-state index is 1.40. The molecule has 0 aromatic heterocycles. The van der Waals surface area contributed by atoms with Gasteiger partial charge in [-0.05, 0) is 0 Å². The number of hydrogen-bond donors (Lipinski definition) is 0. The summed E-state index contributed by atoms with van der Waals surface area (Å²) in [5, 5.41) is 0. The van der Waals surface area contributed by atoms with Crippen LogP contribution in [0.3, 0.4) is 0 Å². The Bertz CT molecular complexity index is 109. The van der Waals surface area contributed by atoms with Crippen molar-refractivity contribution in [1.82, 2.24) is 3.12 Å². The van der Waals surface area contributed by atoms with Crippen molar-refractivity contribution in [2.75, 3.05) is 13.1 Å². The molecule has 1 heterocycles. The van der Waals surface area contributed by atoms with Gasteiger partial charge >= 0.3 is 75.4 Å². The van der Waals surface area contributed by atoms with E-state index in [0.29, 0.717) is 0 Å². The van der Waals surface area contributed by atoms with Gasteiger partial charge in [-0.25, -0.2) is 0 Å². The summed E-state index contributed by atoms with van der Waals surface area (Å²) in [7, 11) is 0. The fraction of sp³-hybridized carbons (Fsp3) is 1.00. The molecule has 0 aromatic rings. The topological polar surface area (TPSA) is 3.24 Å². The van der Waals surface area contributed by atoms with E-state index < -0.39 is 18.7 Å². The first kappa shape index (κ1) is 9.84. The number of nitrogens with zero attached hydrogens (tertiary/aromatic N) is 1. The summed E-state index contributed by atoms with van der Waals surface area (Å²) in [5.74, 6) is 0. The first-order valence-corrected chi connectivity index (χ1v) is 14.7. The normalized spacial score (nSPS) is 23.2. The Balaban J connectivity index is 2.43. The van der Waals surface area contributed by atoms with E-state index in [0.717, 1.165) is 0 Å². The predicted molar refractivity (Wildman–Crippen MR) is 53.4 cm³/mol. The van der Waals surface area contributed by atoms with Crippen LogP contribution < -0.4 is 0 Å². The van der Waals surface area contributed by atoms with E-state index in [9.17, 15) is 0 Å². The van der Waals surface area contributed by atoms with E-state index in [1.165, 1.54) is 38.8 Å². The SMILES string of the molecule is [CH3][Sn]([CH3])([CH3])[N]1CCCCCC1. The Hall–Kier alpha value is 0.759. The van der Waals surface area contributed by atoms with E-state index >= 15 is 0 Å². The van der Waals surface area contributed by atoms with E-state index in [4.69, 9.17) is 0 Å². The average molecular weight is 262 g/mol. The van der Waals surface area contributed by atoms with Crippen molar-refractivity contribution in [2.24, 2.45) is 0 Å². The first-order chi connectivity index (χ1) is 5.11. The number of rotatable bonds is 1. The van der Waals surface area contributed by atoms with Crippen molar-refractivity contribution in [3.63, 3.8) is 0 Å². The molecule has 0 atom stereocenters. The van der Waals surface area contributed by atoms with Crippen LogP contribution in [-0.2, 0) is 0 Å². The fourth-order valence-electron chi connectivity index (χ4n) is 1.74. The predicted octanol–water partition coefficient (Wildman–Crippen LogP) is 2.70. The van der Waals surface area contributed by atoms with Gasteiger partial charge in [0.1, 0.15) is 0 Å². The van der Waals surface area contributed by atoms with Crippen LogP contribution in [0.2, 0.25) is 14.8 Å². The van der Waals surface area contributed by atoms with Crippen LogP contribution in [0.5, 0.6) is 0 Å². The molecule has 1 nitrogen and oxygen atoms in total. The minimum atomic E-state index is -1.65. The van der Waals surface area contributed by atoms with Crippen molar-refractivity contribution >= 4 is 18.7 Å². The van der Waals surface area contributed by atoms with Gasteiger partial charge in [0.25, 0.3) is 0 Å². The van der Waals surface area contributed by atoms with Crippen LogP contribution in [-0.4, -0.2) is 34.9 Å². The van der Waals surface area contributed by atoms with Gasteiger partial charge in [-0.15, -0.1) is 0 Å². The fourth-order valence-corrected chi connectivity index (χ4v) is 6.47. The molecular formula is C9H21NSn. The molecule has 1 fully saturated rings. The summed E-state index contributed by atoms with van der Waals surface area (Å²) in [6.07, 6.45) is 5.85. The maximum atomic E-state index is 2.82. The van der Waals surface area contributed by atoms with Crippen LogP contribution in [0, 0.1) is 0 Å². The molecule has 1 rings (SSSR count). The molecule has 11 heavy (non-hydrogen) atoms. The summed E-state index contributed by atoms with van der Waals surface area (Å²) in [5.41, 5.74) is 0. The van der Waals surface area contributed by atoms with E-state index in [-0.39, 0.29) is 0 Å². The van der Waals surface area contributed by atoms with Crippen LogP contribution in [0.4, 0.5) is 0 Å². The summed E-state index contributed by atoms with van der Waals surface area (Å²) >= 11 is -1.65. The molecule has 1 aliphatic heterocycles. The molecule has 0 N–H and O–H groups in total. The van der Waals surface area contributed by atoms with Crippen molar-refractivity contribution in [3.8, 4) is 0 Å². The second-order valence-corrected chi connectivity index (χ2v) is 18.8. The second-order valence-electron chi connectivity index (χ2n) is 4.57. The molecule has 0 bridgehead atoms. The Morgan fingerprint density at radius 3 is 1.64 bits per heavy atom. The van der Waals surface area contributed by atoms with Crippen molar-refractivity contribution in [1.29, 1.82) is 0 Å². The number of hydrogen-bond acceptors (Lipinski definition) is 1. The molecule has 0 aliphatic carbocycles. The van der Waals surface area contributed by atoms with Crippen molar-refractivity contribution in [2.45, 2.75) is 40.5 Å². The van der Waals surface area contributed by atoms with Gasteiger partial charge in [0.2, 0.25) is 0 Å². The van der Waals surface area contributed by atoms with Crippen molar-refractivity contribution < 1.29 is 0 Å². The third kappa shape index (κ3) is 3.32. The van der Waals surface area contributed by atoms with Gasteiger partial charge in [-0.2, -0.15) is 0 Å². The zero-order valence-electron chi connectivity index (χ0n) is 8.19. The van der Waals surface area contributed by atoms with Gasteiger partial charge in [0.05, 0.1) is 0 Å². The van der Waals surface area contributed by atoms with Gasteiger partial charge in [-0.1, -0.05) is 0 Å². The average Bonchev–Trinajstić information content (AvgIpc) is 2.10. The molecule has 0 spiro atoms. The van der Waals surface area contributed by atoms with E-state index in [2.05, 4.69) is 17.9 Å². The standard InChI is InChI=1S/C6H12N.3CH3.Sn/c1-2-4-6-7-5-3-1;;;;/h1-6H2;3*1H3;/q-1;;;;+1. The molecule has 0 aromatic carbocycles. The van der Waals surface area contributed by atoms with E-state index in [1.54, 1.807) is 0 Å². The quantitative estimate of drug-likeness (QED) is 0.656. The third-order valence-corrected chi connectivity index (χ3v) is 9.25. The maximum absolute atomic E-state index is 2.82. The summed E-state index contributed by atoms with van der Waals surface area (Å²) in [4.78, 5) is 7.58. The van der Waals surface area contributed by atoms with Crippen LogP contribution in [0.15, 0.2) is 0 Å². The van der Waals surface area contributed by atoms with Gasteiger partial charge in [-0.3, -0.25) is 0 Å². The van der Waals surface area contributed by atoms with Crippen LogP contribution in [0.1, 0.15) is 25.7 Å². The van der Waals surface area contributed by atoms with Crippen LogP contribution in [0.25, 0.3) is 0 Å². The monoisotopic (exact) mass is 263 g/mol. The molecule has 0 amide bonds. The molecule has 66 valence electrons. The van der Waals surface area contributed by atoms with Gasteiger partial charge in [0.15, 0.2) is 0 Å². The third-order valence-electron chi connectivity index (χ3n) is 2.55. The van der Waals surface area contributed by atoms with E-state index in [1.807, 2.05) is 0 Å². The van der Waals surface area contributed by atoms with Gasteiger partial charge in [0, 0.05) is 0 Å². The molecular weight excluding hydrogens is 241 g/mol. The Morgan fingerprint density at radius 2 is 1.27 bits per heavy atom. The summed E-state index contributed by atoms with van der Waals surface area (Å²) in [6, 6.07) is 0. The molecule has 0 unspecified atom stereocenters. The Kier molecular flexibility index (Phi) is 3.69. The zero-order valence-corrected chi connectivity index (χ0v) is 11.0. The summed E-state index contributed by atoms with van der Waals surface area (Å²) < 4.78 is 2.82. The molecule has 0 radical (unpaired) electrons. The molecule has 2 heteroatoms. The van der Waals surface area contributed by atoms with Gasteiger partial charge < -0.3 is 0 Å². The molecule has 1 aliphatic rings.